The molecule has 7 heteroatoms. The van der Waals surface area contributed by atoms with Crippen LogP contribution < -0.4 is 4.72 Å². The number of aliphatic hydroxyl groups excluding tert-OH is 1. The summed E-state index contributed by atoms with van der Waals surface area (Å²) in [5, 5.41) is 10.9. The Hall–Kier alpha value is -1.51. The maximum Gasteiger partial charge on any atom is 0.240 e. The zero-order valence-corrected chi connectivity index (χ0v) is 20.0. The zero-order valence-electron chi connectivity index (χ0n) is 18.1. The first kappa shape index (κ1) is 23.8. The fourth-order valence-electron chi connectivity index (χ4n) is 2.57. The Balaban J connectivity index is 2.30. The van der Waals surface area contributed by atoms with E-state index in [9.17, 15) is 13.5 Å². The van der Waals surface area contributed by atoms with Crippen LogP contribution in [0.1, 0.15) is 38.0 Å². The molecule has 0 amide bonds. The molecule has 5 nitrogen and oxygen atoms in total. The van der Waals surface area contributed by atoms with Gasteiger partial charge in [0.1, 0.15) is 0 Å². The number of aryl methyl sites for hydroxylation is 1. The van der Waals surface area contributed by atoms with Crippen molar-refractivity contribution in [2.24, 2.45) is 0 Å². The van der Waals surface area contributed by atoms with Crippen LogP contribution in [0.15, 0.2) is 59.5 Å². The van der Waals surface area contributed by atoms with E-state index in [4.69, 9.17) is 4.43 Å². The van der Waals surface area contributed by atoms with Crippen LogP contribution in [-0.2, 0) is 14.4 Å². The molecule has 160 valence electrons. The Morgan fingerprint density at radius 3 is 2.10 bits per heavy atom. The molecule has 2 aromatic carbocycles. The predicted molar refractivity (Wildman–Crippen MR) is 120 cm³/mol. The van der Waals surface area contributed by atoms with Gasteiger partial charge in [0, 0.05) is 0 Å². The van der Waals surface area contributed by atoms with Gasteiger partial charge in [-0.25, -0.2) is 13.1 Å². The van der Waals surface area contributed by atoms with Gasteiger partial charge in [-0.2, -0.15) is 0 Å². The maximum absolute atomic E-state index is 12.9. The van der Waals surface area contributed by atoms with E-state index >= 15 is 0 Å². The van der Waals surface area contributed by atoms with Crippen molar-refractivity contribution in [3.8, 4) is 0 Å². The Bertz CT molecular complexity index is 891. The summed E-state index contributed by atoms with van der Waals surface area (Å²) in [6.45, 7) is 12.6. The SMILES string of the molecule is Cc1ccc(S(=O)(=O)N[C@@H](CO[Si](C)(C)C(C)(C)C)[C@@H](O)c2ccccc2)cc1. The van der Waals surface area contributed by atoms with Crippen LogP contribution in [0.4, 0.5) is 0 Å². The van der Waals surface area contributed by atoms with Crippen LogP contribution in [0.3, 0.4) is 0 Å². The molecule has 0 radical (unpaired) electrons. The van der Waals surface area contributed by atoms with Crippen LogP contribution in [0, 0.1) is 6.92 Å². The third-order valence-corrected chi connectivity index (χ3v) is 11.6. The molecule has 0 heterocycles. The van der Waals surface area contributed by atoms with Crippen molar-refractivity contribution in [2.45, 2.75) is 62.9 Å². The lowest BCUT2D eigenvalue weighted by Gasteiger charge is -2.38. The van der Waals surface area contributed by atoms with Crippen molar-refractivity contribution in [1.29, 1.82) is 0 Å². The molecule has 2 rings (SSSR count). The van der Waals surface area contributed by atoms with Gasteiger partial charge in [-0.3, -0.25) is 0 Å². The van der Waals surface area contributed by atoms with Crippen LogP contribution in [-0.4, -0.2) is 34.5 Å². The topological polar surface area (TPSA) is 75.6 Å². The minimum atomic E-state index is -3.81. The van der Waals surface area contributed by atoms with Gasteiger partial charge in [0.15, 0.2) is 8.32 Å². The fraction of sp³-hybridized carbons (Fsp3) is 0.455. The Labute approximate surface area is 176 Å². The fourth-order valence-corrected chi connectivity index (χ4v) is 4.83. The number of sulfonamides is 1. The van der Waals surface area contributed by atoms with E-state index in [0.29, 0.717) is 5.56 Å². The highest BCUT2D eigenvalue weighted by Crippen LogP contribution is 2.37. The van der Waals surface area contributed by atoms with E-state index in [2.05, 4.69) is 38.6 Å². The van der Waals surface area contributed by atoms with Crippen LogP contribution in [0.2, 0.25) is 18.1 Å². The number of hydrogen-bond donors (Lipinski definition) is 2. The quantitative estimate of drug-likeness (QED) is 0.603. The van der Waals surface area contributed by atoms with Gasteiger partial charge in [-0.1, -0.05) is 68.8 Å². The standard InChI is InChI=1S/C22H33NO4SSi/c1-17-12-14-19(15-13-17)28(25,26)23-20(16-27-29(5,6)22(2,3)4)21(24)18-10-8-7-9-11-18/h7-15,20-21,23-24H,16H2,1-6H3/t20-,21-/m0/s1. The normalized spacial score (nSPS) is 15.1. The summed E-state index contributed by atoms with van der Waals surface area (Å²) in [4.78, 5) is 0.167. The minimum Gasteiger partial charge on any atom is -0.415 e. The molecule has 0 aliphatic carbocycles. The molecule has 2 N–H and O–H groups in total. The summed E-state index contributed by atoms with van der Waals surface area (Å²) in [5.74, 6) is 0. The summed E-state index contributed by atoms with van der Waals surface area (Å²) in [6.07, 6.45) is -1.03. The molecule has 0 saturated carbocycles. The highest BCUT2D eigenvalue weighted by Gasteiger charge is 2.39. The molecule has 0 aromatic heterocycles. The lowest BCUT2D eigenvalue weighted by Crippen LogP contribution is -2.48. The monoisotopic (exact) mass is 435 g/mol. The summed E-state index contributed by atoms with van der Waals surface area (Å²) >= 11 is 0. The molecule has 0 aliphatic heterocycles. The van der Waals surface area contributed by atoms with Crippen molar-refractivity contribution >= 4 is 18.3 Å². The second kappa shape index (κ2) is 9.10. The van der Waals surface area contributed by atoms with Gasteiger partial charge >= 0.3 is 0 Å². The zero-order chi connectivity index (χ0) is 21.9. The second-order valence-electron chi connectivity index (χ2n) is 8.97. The summed E-state index contributed by atoms with van der Waals surface area (Å²) in [6, 6.07) is 14.9. The van der Waals surface area contributed by atoms with Gasteiger partial charge < -0.3 is 9.53 Å². The average Bonchev–Trinajstić information content (AvgIpc) is 2.64. The number of aliphatic hydroxyl groups is 1. The van der Waals surface area contributed by atoms with Crippen LogP contribution in [0.5, 0.6) is 0 Å². The predicted octanol–water partition coefficient (Wildman–Crippen LogP) is 4.40. The van der Waals surface area contributed by atoms with Crippen molar-refractivity contribution in [2.75, 3.05) is 6.61 Å². The Morgan fingerprint density at radius 1 is 1.03 bits per heavy atom. The van der Waals surface area contributed by atoms with E-state index in [0.717, 1.165) is 5.56 Å². The van der Waals surface area contributed by atoms with E-state index in [-0.39, 0.29) is 16.5 Å². The molecule has 0 aliphatic rings. The molecular formula is C22H33NO4SSi. The average molecular weight is 436 g/mol. The molecule has 0 unspecified atom stereocenters. The van der Waals surface area contributed by atoms with Crippen LogP contribution in [0.25, 0.3) is 0 Å². The van der Waals surface area contributed by atoms with Crippen LogP contribution >= 0.6 is 0 Å². The smallest absolute Gasteiger partial charge is 0.240 e. The van der Waals surface area contributed by atoms with Gasteiger partial charge in [0.25, 0.3) is 0 Å². The van der Waals surface area contributed by atoms with Crippen molar-refractivity contribution in [1.82, 2.24) is 4.72 Å². The minimum absolute atomic E-state index is 0.0227. The van der Waals surface area contributed by atoms with Crippen molar-refractivity contribution in [3.05, 3.63) is 65.7 Å². The molecule has 2 atom stereocenters. The van der Waals surface area contributed by atoms with Crippen molar-refractivity contribution in [3.63, 3.8) is 0 Å². The third-order valence-electron chi connectivity index (χ3n) is 5.59. The molecule has 0 spiro atoms. The first-order chi connectivity index (χ1) is 13.3. The molecule has 0 bridgehead atoms. The number of nitrogens with one attached hydrogen (secondary N) is 1. The Kier molecular flexibility index (Phi) is 7.45. The van der Waals surface area contributed by atoms with E-state index in [1.54, 1.807) is 36.4 Å². The highest BCUT2D eigenvalue weighted by molar-refractivity contribution is 7.89. The lowest BCUT2D eigenvalue weighted by atomic mass is 10.0. The van der Waals surface area contributed by atoms with Crippen molar-refractivity contribution < 1.29 is 18.0 Å². The van der Waals surface area contributed by atoms with Gasteiger partial charge in [0.05, 0.1) is 23.6 Å². The molecule has 0 fully saturated rings. The molecule has 0 saturated heterocycles. The van der Waals surface area contributed by atoms with Gasteiger partial charge in [0.2, 0.25) is 10.0 Å². The lowest BCUT2D eigenvalue weighted by molar-refractivity contribution is 0.104. The maximum atomic E-state index is 12.9. The largest absolute Gasteiger partial charge is 0.415 e. The van der Waals surface area contributed by atoms with E-state index in [1.165, 1.54) is 0 Å². The van der Waals surface area contributed by atoms with Gasteiger partial charge in [-0.15, -0.1) is 0 Å². The molecule has 29 heavy (non-hydrogen) atoms. The Morgan fingerprint density at radius 2 is 1.59 bits per heavy atom. The first-order valence-corrected chi connectivity index (χ1v) is 14.2. The molecular weight excluding hydrogens is 402 g/mol. The number of benzene rings is 2. The summed E-state index contributed by atoms with van der Waals surface area (Å²) < 4.78 is 34.8. The third kappa shape index (κ3) is 6.23. The van der Waals surface area contributed by atoms with E-state index < -0.39 is 30.5 Å². The molecule has 2 aromatic rings. The first-order valence-electron chi connectivity index (χ1n) is 9.79. The number of rotatable bonds is 8. The van der Waals surface area contributed by atoms with Gasteiger partial charge in [-0.05, 0) is 42.8 Å². The summed E-state index contributed by atoms with van der Waals surface area (Å²) in [7, 11) is -5.93. The number of hydrogen-bond acceptors (Lipinski definition) is 4. The second-order valence-corrected chi connectivity index (χ2v) is 15.5. The highest BCUT2D eigenvalue weighted by atomic mass is 32.2. The van der Waals surface area contributed by atoms with E-state index in [1.807, 2.05) is 25.1 Å². The summed E-state index contributed by atoms with van der Waals surface area (Å²) in [5.41, 5.74) is 1.62.